The maximum absolute atomic E-state index is 12.3. The third kappa shape index (κ3) is 3.30. The number of aryl methyl sites for hydroxylation is 1. The number of aromatic amines is 1. The number of fused-ring (bicyclic) bond motifs is 1. The zero-order valence-electron chi connectivity index (χ0n) is 13.8. The quantitative estimate of drug-likeness (QED) is 0.524. The molecule has 0 aliphatic heterocycles. The van der Waals surface area contributed by atoms with Gasteiger partial charge in [-0.3, -0.25) is 4.79 Å². The van der Waals surface area contributed by atoms with E-state index < -0.39 is 0 Å². The first-order valence-electron chi connectivity index (χ1n) is 7.97. The molecule has 0 spiro atoms. The Morgan fingerprint density at radius 1 is 1.27 bits per heavy atom. The molecule has 3 aromatic heterocycles. The monoisotopic (exact) mass is 428 g/mol. The lowest BCUT2D eigenvalue weighted by molar-refractivity contribution is 0.949. The van der Waals surface area contributed by atoms with E-state index in [1.165, 1.54) is 5.56 Å². The second kappa shape index (κ2) is 6.70. The molecule has 7 heteroatoms. The van der Waals surface area contributed by atoms with E-state index in [0.717, 1.165) is 11.4 Å². The van der Waals surface area contributed by atoms with Gasteiger partial charge in [-0.15, -0.1) is 0 Å². The number of aromatic nitrogens is 4. The van der Waals surface area contributed by atoms with Crippen LogP contribution in [0.15, 0.2) is 58.2 Å². The van der Waals surface area contributed by atoms with Crippen molar-refractivity contribution in [3.63, 3.8) is 0 Å². The summed E-state index contributed by atoms with van der Waals surface area (Å²) in [5.41, 5.74) is 2.55. The highest BCUT2D eigenvalue weighted by Crippen LogP contribution is 2.25. The van der Waals surface area contributed by atoms with Crippen molar-refractivity contribution in [2.75, 3.05) is 0 Å². The van der Waals surface area contributed by atoms with Crippen LogP contribution in [0.2, 0.25) is 5.02 Å². The number of nitrogens with zero attached hydrogens (tertiary/aromatic N) is 3. The summed E-state index contributed by atoms with van der Waals surface area (Å²) in [5, 5.41) is 0.955. The smallest absolute Gasteiger partial charge is 0.258 e. The van der Waals surface area contributed by atoms with Gasteiger partial charge in [-0.25, -0.2) is 9.97 Å². The van der Waals surface area contributed by atoms with E-state index in [0.29, 0.717) is 32.6 Å². The van der Waals surface area contributed by atoms with Crippen LogP contribution in [-0.4, -0.2) is 19.5 Å². The van der Waals surface area contributed by atoms with E-state index in [1.54, 1.807) is 18.3 Å². The Balaban J connectivity index is 1.64. The predicted octanol–water partition coefficient (Wildman–Crippen LogP) is 4.42. The van der Waals surface area contributed by atoms with Gasteiger partial charge in [0.2, 0.25) is 0 Å². The second-order valence-corrected chi connectivity index (χ2v) is 7.36. The molecule has 4 aromatic rings. The fourth-order valence-electron chi connectivity index (χ4n) is 2.78. The van der Waals surface area contributed by atoms with Gasteiger partial charge < -0.3 is 9.55 Å². The van der Waals surface area contributed by atoms with E-state index in [9.17, 15) is 4.79 Å². The van der Waals surface area contributed by atoms with Crippen LogP contribution < -0.4 is 5.56 Å². The molecule has 4 rings (SSSR count). The zero-order chi connectivity index (χ0) is 18.3. The highest BCUT2D eigenvalue weighted by molar-refractivity contribution is 9.10. The topological polar surface area (TPSA) is 63.6 Å². The van der Waals surface area contributed by atoms with Crippen molar-refractivity contribution in [3.05, 3.63) is 85.7 Å². The molecule has 1 aromatic carbocycles. The largest absolute Gasteiger partial charge is 0.310 e. The van der Waals surface area contributed by atoms with Crippen molar-refractivity contribution >= 4 is 38.4 Å². The van der Waals surface area contributed by atoms with E-state index >= 15 is 0 Å². The van der Waals surface area contributed by atoms with Gasteiger partial charge in [-0.05, 0) is 58.2 Å². The molecule has 0 aliphatic rings. The van der Waals surface area contributed by atoms with Crippen LogP contribution in [0.5, 0.6) is 0 Å². The summed E-state index contributed by atoms with van der Waals surface area (Å²) in [6, 6.07) is 9.34. The van der Waals surface area contributed by atoms with Gasteiger partial charge in [0.15, 0.2) is 0 Å². The highest BCUT2D eigenvalue weighted by atomic mass is 79.9. The van der Waals surface area contributed by atoms with E-state index in [-0.39, 0.29) is 5.56 Å². The molecule has 0 radical (unpaired) electrons. The maximum Gasteiger partial charge on any atom is 0.258 e. The summed E-state index contributed by atoms with van der Waals surface area (Å²) >= 11 is 9.43. The standard InChI is InChI=1S/C19H14BrClN4O/c1-11-4-5-25(10-11)18-3-2-12(9-22-18)6-17-23-16-8-14(20)15(21)7-13(16)19(26)24-17/h2-5,7-10H,6H2,1H3,(H,23,24,26). The first-order valence-corrected chi connectivity index (χ1v) is 9.14. The Bertz CT molecular complexity index is 1160. The first kappa shape index (κ1) is 17.0. The van der Waals surface area contributed by atoms with Gasteiger partial charge in [0.25, 0.3) is 5.56 Å². The average Bonchev–Trinajstić information content (AvgIpc) is 3.04. The van der Waals surface area contributed by atoms with E-state index in [4.69, 9.17) is 11.6 Å². The molecule has 1 N–H and O–H groups in total. The van der Waals surface area contributed by atoms with Crippen LogP contribution in [0.3, 0.4) is 0 Å². The molecule has 0 aliphatic carbocycles. The summed E-state index contributed by atoms with van der Waals surface area (Å²) in [5.74, 6) is 1.43. The lowest BCUT2D eigenvalue weighted by Crippen LogP contribution is -2.12. The van der Waals surface area contributed by atoms with Crippen molar-refractivity contribution in [3.8, 4) is 5.82 Å². The number of rotatable bonds is 3. The molecule has 0 amide bonds. The second-order valence-electron chi connectivity index (χ2n) is 6.09. The minimum Gasteiger partial charge on any atom is -0.310 e. The summed E-state index contributed by atoms with van der Waals surface area (Å²) in [7, 11) is 0. The van der Waals surface area contributed by atoms with Gasteiger partial charge in [0.05, 0.1) is 15.9 Å². The van der Waals surface area contributed by atoms with Crippen molar-refractivity contribution < 1.29 is 0 Å². The third-order valence-electron chi connectivity index (χ3n) is 4.08. The summed E-state index contributed by atoms with van der Waals surface area (Å²) in [6.07, 6.45) is 6.28. The van der Waals surface area contributed by atoms with Gasteiger partial charge in [0, 0.05) is 29.5 Å². The molecular weight excluding hydrogens is 416 g/mol. The summed E-state index contributed by atoms with van der Waals surface area (Å²) in [4.78, 5) is 24.2. The molecule has 3 heterocycles. The molecule has 0 saturated heterocycles. The lowest BCUT2D eigenvalue weighted by Gasteiger charge is -2.06. The zero-order valence-corrected chi connectivity index (χ0v) is 16.2. The van der Waals surface area contributed by atoms with Crippen LogP contribution in [0.4, 0.5) is 0 Å². The highest BCUT2D eigenvalue weighted by Gasteiger charge is 2.09. The Morgan fingerprint density at radius 3 is 2.81 bits per heavy atom. The SMILES string of the molecule is Cc1ccn(-c2ccc(Cc3nc4cc(Br)c(Cl)cc4c(=O)[nH]3)cn2)c1. The van der Waals surface area contributed by atoms with Crippen LogP contribution in [0.25, 0.3) is 16.7 Å². The fourth-order valence-corrected chi connectivity index (χ4v) is 3.27. The summed E-state index contributed by atoms with van der Waals surface area (Å²) < 4.78 is 2.68. The number of hydrogen-bond acceptors (Lipinski definition) is 3. The van der Waals surface area contributed by atoms with Crippen LogP contribution in [0, 0.1) is 6.92 Å². The molecule has 0 fully saturated rings. The Hall–Kier alpha value is -2.44. The number of nitrogens with one attached hydrogen (secondary N) is 1. The van der Waals surface area contributed by atoms with Gasteiger partial charge in [-0.1, -0.05) is 17.7 Å². The molecule has 26 heavy (non-hydrogen) atoms. The van der Waals surface area contributed by atoms with E-state index in [2.05, 4.69) is 30.9 Å². The molecule has 0 unspecified atom stereocenters. The van der Waals surface area contributed by atoms with Crippen molar-refractivity contribution in [2.45, 2.75) is 13.3 Å². The van der Waals surface area contributed by atoms with Crippen molar-refractivity contribution in [2.24, 2.45) is 0 Å². The Morgan fingerprint density at radius 2 is 2.12 bits per heavy atom. The number of H-pyrrole nitrogens is 1. The lowest BCUT2D eigenvalue weighted by atomic mass is 10.2. The predicted molar refractivity (Wildman–Crippen MR) is 106 cm³/mol. The fraction of sp³-hybridized carbons (Fsp3) is 0.105. The molecule has 5 nitrogen and oxygen atoms in total. The maximum atomic E-state index is 12.3. The van der Waals surface area contributed by atoms with Crippen LogP contribution in [0.1, 0.15) is 17.0 Å². The van der Waals surface area contributed by atoms with Crippen LogP contribution in [-0.2, 0) is 6.42 Å². The van der Waals surface area contributed by atoms with Crippen LogP contribution >= 0.6 is 27.5 Å². The van der Waals surface area contributed by atoms with Gasteiger partial charge in [0.1, 0.15) is 11.6 Å². The molecule has 0 saturated carbocycles. The normalized spacial score (nSPS) is 11.2. The number of hydrogen-bond donors (Lipinski definition) is 1. The minimum absolute atomic E-state index is 0.202. The summed E-state index contributed by atoms with van der Waals surface area (Å²) in [6.45, 7) is 2.04. The third-order valence-corrected chi connectivity index (χ3v) is 5.28. The minimum atomic E-state index is -0.202. The number of pyridine rings is 1. The van der Waals surface area contributed by atoms with Gasteiger partial charge in [-0.2, -0.15) is 0 Å². The number of halogens is 2. The molecular formula is C19H14BrClN4O. The number of benzene rings is 1. The van der Waals surface area contributed by atoms with Gasteiger partial charge >= 0.3 is 0 Å². The van der Waals surface area contributed by atoms with Crippen molar-refractivity contribution in [1.82, 2.24) is 19.5 Å². The molecule has 130 valence electrons. The molecule has 0 bridgehead atoms. The molecule has 0 atom stereocenters. The van der Waals surface area contributed by atoms with E-state index in [1.807, 2.05) is 42.1 Å². The average molecular weight is 430 g/mol. The Kier molecular flexibility index (Phi) is 4.38. The van der Waals surface area contributed by atoms with Crippen molar-refractivity contribution in [1.29, 1.82) is 0 Å². The Labute approximate surface area is 162 Å². The first-order chi connectivity index (χ1) is 12.5.